The Morgan fingerprint density at radius 2 is 2.24 bits per heavy atom. The van der Waals surface area contributed by atoms with Crippen LogP contribution in [0.2, 0.25) is 0 Å². The quantitative estimate of drug-likeness (QED) is 0.597. The number of nitrogens with zero attached hydrogens (tertiary/aromatic N) is 1. The summed E-state index contributed by atoms with van der Waals surface area (Å²) in [6.45, 7) is 5.75. The van der Waals surface area contributed by atoms with E-state index in [0.717, 1.165) is 25.8 Å². The lowest BCUT2D eigenvalue weighted by molar-refractivity contribution is -0.153. The molecular weight excluding hydrogens is 220 g/mol. The molecule has 0 radical (unpaired) electrons. The molecule has 2 aliphatic heterocycles. The van der Waals surface area contributed by atoms with Gasteiger partial charge in [0.2, 0.25) is 0 Å². The van der Waals surface area contributed by atoms with Crippen molar-refractivity contribution in [2.75, 3.05) is 13.1 Å². The number of ether oxygens (including phenoxy) is 1. The van der Waals surface area contributed by atoms with Gasteiger partial charge in [-0.25, -0.2) is 4.79 Å². The lowest BCUT2D eigenvalue weighted by Gasteiger charge is -2.42. The van der Waals surface area contributed by atoms with Crippen LogP contribution in [0.4, 0.5) is 4.79 Å². The normalized spacial score (nSPS) is 29.2. The number of cyclic esters (lactones) is 2. The molecule has 2 saturated heterocycles. The number of carbonyl (C=O) groups excluding carboxylic acids is 2. The van der Waals surface area contributed by atoms with Gasteiger partial charge in [0, 0.05) is 6.54 Å². The predicted molar refractivity (Wildman–Crippen MR) is 62.2 cm³/mol. The number of nitrogens with one attached hydrogen (secondary N) is 1. The first kappa shape index (κ1) is 12.4. The summed E-state index contributed by atoms with van der Waals surface area (Å²) in [6.07, 6.45) is 2.04. The molecule has 2 unspecified atom stereocenters. The van der Waals surface area contributed by atoms with Crippen LogP contribution in [-0.4, -0.2) is 36.2 Å². The van der Waals surface area contributed by atoms with Gasteiger partial charge < -0.3 is 4.74 Å². The maximum atomic E-state index is 11.7. The zero-order valence-corrected chi connectivity index (χ0v) is 10.4. The number of esters is 1. The highest BCUT2D eigenvalue weighted by molar-refractivity contribution is 5.89. The smallest absolute Gasteiger partial charge is 0.376 e. The SMILES string of the molecule is CC(C)CCN1C(=O)OC(=O)C2CCCNC21. The summed E-state index contributed by atoms with van der Waals surface area (Å²) in [5, 5.41) is 3.26. The molecule has 5 heteroatoms. The van der Waals surface area contributed by atoms with Gasteiger partial charge in [0.25, 0.3) is 0 Å². The van der Waals surface area contributed by atoms with Gasteiger partial charge in [-0.2, -0.15) is 0 Å². The molecule has 2 rings (SSSR count). The Morgan fingerprint density at radius 3 is 2.94 bits per heavy atom. The Labute approximate surface area is 101 Å². The van der Waals surface area contributed by atoms with Crippen molar-refractivity contribution in [2.45, 2.75) is 39.3 Å². The van der Waals surface area contributed by atoms with Crippen LogP contribution in [-0.2, 0) is 9.53 Å². The minimum absolute atomic E-state index is 0.156. The van der Waals surface area contributed by atoms with Crippen molar-refractivity contribution in [3.05, 3.63) is 0 Å². The number of fused-ring (bicyclic) bond motifs is 1. The highest BCUT2D eigenvalue weighted by Crippen LogP contribution is 2.26. The van der Waals surface area contributed by atoms with E-state index in [-0.39, 0.29) is 18.1 Å². The average molecular weight is 240 g/mol. The second kappa shape index (κ2) is 5.04. The van der Waals surface area contributed by atoms with E-state index in [0.29, 0.717) is 12.5 Å². The lowest BCUT2D eigenvalue weighted by atomic mass is 9.93. The fraction of sp³-hybridized carbons (Fsp3) is 0.833. The number of amides is 1. The average Bonchev–Trinajstić information content (AvgIpc) is 2.28. The van der Waals surface area contributed by atoms with Crippen LogP contribution in [0.5, 0.6) is 0 Å². The van der Waals surface area contributed by atoms with Crippen molar-refractivity contribution < 1.29 is 14.3 Å². The Bertz CT molecular complexity index is 317. The summed E-state index contributed by atoms with van der Waals surface area (Å²) in [5.41, 5.74) is 0. The first-order valence-corrected chi connectivity index (χ1v) is 6.35. The number of rotatable bonds is 3. The molecule has 17 heavy (non-hydrogen) atoms. The monoisotopic (exact) mass is 240 g/mol. The van der Waals surface area contributed by atoms with Crippen molar-refractivity contribution in [3.8, 4) is 0 Å². The van der Waals surface area contributed by atoms with Crippen LogP contribution in [0.15, 0.2) is 0 Å². The third kappa shape index (κ3) is 2.60. The highest BCUT2D eigenvalue weighted by atomic mass is 16.6. The Balaban J connectivity index is 2.06. The number of hydrogen-bond donors (Lipinski definition) is 1. The van der Waals surface area contributed by atoms with Crippen molar-refractivity contribution >= 4 is 12.1 Å². The summed E-state index contributed by atoms with van der Waals surface area (Å²) in [5.74, 6) is -0.0240. The van der Waals surface area contributed by atoms with E-state index < -0.39 is 6.09 Å². The Kier molecular flexibility index (Phi) is 3.66. The molecule has 0 aromatic carbocycles. The summed E-state index contributed by atoms with van der Waals surface area (Å²) >= 11 is 0. The van der Waals surface area contributed by atoms with Crippen LogP contribution in [0.1, 0.15) is 33.1 Å². The molecule has 2 fully saturated rings. The minimum atomic E-state index is -0.494. The van der Waals surface area contributed by atoms with Gasteiger partial charge in [-0.1, -0.05) is 13.8 Å². The zero-order valence-electron chi connectivity index (χ0n) is 10.4. The third-order valence-corrected chi connectivity index (χ3v) is 3.43. The predicted octanol–water partition coefficient (Wildman–Crippen LogP) is 1.34. The summed E-state index contributed by atoms with van der Waals surface area (Å²) in [4.78, 5) is 25.0. The van der Waals surface area contributed by atoms with Gasteiger partial charge in [-0.15, -0.1) is 0 Å². The Morgan fingerprint density at radius 1 is 1.47 bits per heavy atom. The zero-order chi connectivity index (χ0) is 12.4. The van der Waals surface area contributed by atoms with Crippen molar-refractivity contribution in [1.29, 1.82) is 0 Å². The Hall–Kier alpha value is -1.10. The molecule has 2 heterocycles. The number of piperidine rings is 1. The van der Waals surface area contributed by atoms with Crippen molar-refractivity contribution in [3.63, 3.8) is 0 Å². The molecule has 0 aromatic rings. The lowest BCUT2D eigenvalue weighted by Crippen LogP contribution is -2.62. The molecule has 0 saturated carbocycles. The van der Waals surface area contributed by atoms with Crippen LogP contribution in [0.25, 0.3) is 0 Å². The maximum Gasteiger partial charge on any atom is 0.418 e. The molecule has 96 valence electrons. The third-order valence-electron chi connectivity index (χ3n) is 3.43. The van der Waals surface area contributed by atoms with Gasteiger partial charge in [-0.05, 0) is 31.7 Å². The van der Waals surface area contributed by atoms with Crippen LogP contribution in [0.3, 0.4) is 0 Å². The molecule has 0 spiro atoms. The van der Waals surface area contributed by atoms with Crippen LogP contribution >= 0.6 is 0 Å². The van der Waals surface area contributed by atoms with E-state index in [1.54, 1.807) is 4.90 Å². The van der Waals surface area contributed by atoms with E-state index in [2.05, 4.69) is 19.2 Å². The second-order valence-electron chi connectivity index (χ2n) is 5.21. The van der Waals surface area contributed by atoms with Gasteiger partial charge >= 0.3 is 12.1 Å². The fourth-order valence-electron chi connectivity index (χ4n) is 2.41. The molecule has 1 amide bonds. The van der Waals surface area contributed by atoms with E-state index >= 15 is 0 Å². The molecule has 5 nitrogen and oxygen atoms in total. The molecular formula is C12H20N2O3. The summed E-state index contributed by atoms with van der Waals surface area (Å²) < 4.78 is 4.81. The van der Waals surface area contributed by atoms with Gasteiger partial charge in [0.05, 0.1) is 12.1 Å². The fourth-order valence-corrected chi connectivity index (χ4v) is 2.41. The first-order chi connectivity index (χ1) is 8.09. The minimum Gasteiger partial charge on any atom is -0.376 e. The van der Waals surface area contributed by atoms with Gasteiger partial charge in [0.15, 0.2) is 0 Å². The van der Waals surface area contributed by atoms with Gasteiger partial charge in [-0.3, -0.25) is 15.0 Å². The van der Waals surface area contributed by atoms with Crippen molar-refractivity contribution in [1.82, 2.24) is 10.2 Å². The number of hydrogen-bond acceptors (Lipinski definition) is 4. The van der Waals surface area contributed by atoms with Crippen molar-refractivity contribution in [2.24, 2.45) is 11.8 Å². The topological polar surface area (TPSA) is 58.6 Å². The first-order valence-electron chi connectivity index (χ1n) is 6.35. The molecule has 0 aromatic heterocycles. The van der Waals surface area contributed by atoms with E-state index in [1.165, 1.54) is 0 Å². The molecule has 1 N–H and O–H groups in total. The standard InChI is InChI=1S/C12H20N2O3/c1-8(2)5-7-14-10-9(4-3-6-13-10)11(15)17-12(14)16/h8-10,13H,3-7H2,1-2H3. The highest BCUT2D eigenvalue weighted by Gasteiger charge is 2.44. The molecule has 2 atom stereocenters. The molecule has 0 bridgehead atoms. The largest absolute Gasteiger partial charge is 0.418 e. The van der Waals surface area contributed by atoms with Gasteiger partial charge in [0.1, 0.15) is 0 Å². The second-order valence-corrected chi connectivity index (χ2v) is 5.21. The summed E-state index contributed by atoms with van der Waals surface area (Å²) in [6, 6.07) is 0. The van der Waals surface area contributed by atoms with E-state index in [4.69, 9.17) is 4.74 Å². The van der Waals surface area contributed by atoms with E-state index in [9.17, 15) is 9.59 Å². The maximum absolute atomic E-state index is 11.7. The van der Waals surface area contributed by atoms with Crippen LogP contribution < -0.4 is 5.32 Å². The summed E-state index contributed by atoms with van der Waals surface area (Å²) in [7, 11) is 0. The molecule has 0 aliphatic carbocycles. The van der Waals surface area contributed by atoms with E-state index in [1.807, 2.05) is 0 Å². The van der Waals surface area contributed by atoms with Crippen LogP contribution in [0, 0.1) is 11.8 Å². The number of carbonyl (C=O) groups is 2. The molecule has 2 aliphatic rings.